The number of hydrogen-bond acceptors (Lipinski definition) is 4. The molecular weight excluding hydrogens is 400 g/mol. The molecule has 0 fully saturated rings. The minimum atomic E-state index is -0.419. The number of aromatic nitrogens is 4. The summed E-state index contributed by atoms with van der Waals surface area (Å²) in [6.07, 6.45) is 8.57. The van der Waals surface area contributed by atoms with E-state index in [9.17, 15) is 4.79 Å². The third-order valence-electron chi connectivity index (χ3n) is 4.77. The molecule has 0 aliphatic rings. The largest absolute Gasteiger partial charge is 0.345 e. The first kappa shape index (κ1) is 20.9. The zero-order chi connectivity index (χ0) is 22.7. The summed E-state index contributed by atoms with van der Waals surface area (Å²) in [5.41, 5.74) is 4.74. The number of aromatic amines is 1. The molecule has 3 heterocycles. The summed E-state index contributed by atoms with van der Waals surface area (Å²) >= 11 is 0. The topological polar surface area (TPSA) is 87.9 Å². The number of amides is 1. The number of fused-ring (bicyclic) bond motifs is 1. The van der Waals surface area contributed by atoms with Crippen molar-refractivity contribution in [1.82, 2.24) is 19.9 Å². The lowest BCUT2D eigenvalue weighted by Crippen LogP contribution is -2.15. The zero-order valence-electron chi connectivity index (χ0n) is 18.0. The Bertz CT molecular complexity index is 1360. The Labute approximate surface area is 186 Å². The molecule has 0 unspecified atom stereocenters. The summed E-state index contributed by atoms with van der Waals surface area (Å²) in [7, 11) is 0. The Morgan fingerprint density at radius 1 is 1.16 bits per heavy atom. The summed E-state index contributed by atoms with van der Waals surface area (Å²) in [5, 5.41) is 3.77. The van der Waals surface area contributed by atoms with Crippen molar-refractivity contribution in [2.45, 2.75) is 20.8 Å². The quantitative estimate of drug-likeness (QED) is 0.337. The maximum Gasteiger partial charge on any atom is 0.254 e. The molecule has 32 heavy (non-hydrogen) atoms. The second kappa shape index (κ2) is 8.44. The van der Waals surface area contributed by atoms with Crippen LogP contribution in [0.1, 0.15) is 20.8 Å². The number of carbonyl (C=O) groups excluding carboxylic acids is 1. The maximum atomic E-state index is 12.6. The van der Waals surface area contributed by atoms with E-state index in [1.54, 1.807) is 24.5 Å². The van der Waals surface area contributed by atoms with Crippen LogP contribution in [0, 0.1) is 12.0 Å². The van der Waals surface area contributed by atoms with Crippen molar-refractivity contribution in [3.8, 4) is 22.4 Å². The fourth-order valence-corrected chi connectivity index (χ4v) is 3.35. The van der Waals surface area contributed by atoms with Gasteiger partial charge in [-0.15, -0.1) is 0 Å². The molecule has 7 heteroatoms. The predicted octanol–water partition coefficient (Wildman–Crippen LogP) is 5.47. The summed E-state index contributed by atoms with van der Waals surface area (Å²) in [6.45, 7) is 13.2. The molecule has 158 valence electrons. The predicted molar refractivity (Wildman–Crippen MR) is 125 cm³/mol. The van der Waals surface area contributed by atoms with Gasteiger partial charge in [0.05, 0.1) is 12.3 Å². The van der Waals surface area contributed by atoms with E-state index in [0.717, 1.165) is 33.4 Å². The van der Waals surface area contributed by atoms with Gasteiger partial charge in [0, 0.05) is 40.8 Å². The molecule has 0 aliphatic carbocycles. The first-order chi connectivity index (χ1) is 15.3. The number of hydrogen-bond donors (Lipinski definition) is 2. The lowest BCUT2D eigenvalue weighted by molar-refractivity contribution is -0.112. The molecule has 0 aliphatic heterocycles. The summed E-state index contributed by atoms with van der Waals surface area (Å²) < 4.78 is 0. The van der Waals surface area contributed by atoms with Gasteiger partial charge in [0.2, 0.25) is 5.70 Å². The van der Waals surface area contributed by atoms with Gasteiger partial charge in [-0.05, 0) is 35.2 Å². The van der Waals surface area contributed by atoms with Crippen molar-refractivity contribution in [2.24, 2.45) is 5.41 Å². The van der Waals surface area contributed by atoms with Gasteiger partial charge >= 0.3 is 0 Å². The van der Waals surface area contributed by atoms with Crippen molar-refractivity contribution in [3.63, 3.8) is 0 Å². The number of nitrogens with zero attached hydrogens (tertiary/aromatic N) is 4. The lowest BCUT2D eigenvalue weighted by atomic mass is 9.95. The SMILES string of the molecule is [C-]#[N+]C(=CC(C)(C)C)C(=O)Nc1cccc(-c2cnc3[nH]cc(-c4ccncn4)c3c2)c1. The number of nitrogens with one attached hydrogen (secondary N) is 2. The smallest absolute Gasteiger partial charge is 0.254 e. The van der Waals surface area contributed by atoms with E-state index >= 15 is 0 Å². The first-order valence-corrected chi connectivity index (χ1v) is 10.1. The van der Waals surface area contributed by atoms with Crippen LogP contribution in [0.25, 0.3) is 38.3 Å². The summed E-state index contributed by atoms with van der Waals surface area (Å²) in [5.74, 6) is -0.419. The molecule has 0 atom stereocenters. The molecule has 2 N–H and O–H groups in total. The van der Waals surface area contributed by atoms with Crippen LogP contribution < -0.4 is 5.32 Å². The number of allylic oxidation sites excluding steroid dienone is 1. The molecule has 4 rings (SSSR count). The van der Waals surface area contributed by atoms with Gasteiger partial charge in [-0.1, -0.05) is 39.0 Å². The van der Waals surface area contributed by atoms with Crippen LogP contribution >= 0.6 is 0 Å². The Morgan fingerprint density at radius 3 is 2.72 bits per heavy atom. The number of benzene rings is 1. The average Bonchev–Trinajstić information content (AvgIpc) is 3.21. The molecule has 0 radical (unpaired) electrons. The number of carbonyl (C=O) groups is 1. The van der Waals surface area contributed by atoms with E-state index < -0.39 is 5.91 Å². The average molecular weight is 422 g/mol. The van der Waals surface area contributed by atoms with E-state index in [1.165, 1.54) is 6.33 Å². The highest BCUT2D eigenvalue weighted by Gasteiger charge is 2.16. The highest BCUT2D eigenvalue weighted by molar-refractivity contribution is 6.05. The first-order valence-electron chi connectivity index (χ1n) is 10.1. The van der Waals surface area contributed by atoms with Crippen LogP contribution in [-0.4, -0.2) is 25.8 Å². The summed E-state index contributed by atoms with van der Waals surface area (Å²) in [4.78, 5) is 32.0. The van der Waals surface area contributed by atoms with E-state index in [-0.39, 0.29) is 11.1 Å². The third kappa shape index (κ3) is 4.55. The summed E-state index contributed by atoms with van der Waals surface area (Å²) in [6, 6.07) is 11.4. The van der Waals surface area contributed by atoms with E-state index in [2.05, 4.69) is 30.1 Å². The third-order valence-corrected chi connectivity index (χ3v) is 4.77. The number of rotatable bonds is 4. The van der Waals surface area contributed by atoms with Crippen LogP contribution in [0.4, 0.5) is 5.69 Å². The molecule has 0 saturated carbocycles. The molecule has 3 aromatic heterocycles. The highest BCUT2D eigenvalue weighted by atomic mass is 16.2. The molecule has 1 aromatic carbocycles. The standard InChI is InChI=1S/C25H22N6O/c1-25(2,3)12-22(26-4)24(32)31-18-7-5-6-16(10-18)17-11-19-20(14-29-23(19)28-13-17)21-8-9-27-15-30-21/h5-15H,1-3H3,(H,28,29)(H,31,32). The molecule has 0 saturated heterocycles. The van der Waals surface area contributed by atoms with Crippen LogP contribution in [-0.2, 0) is 4.79 Å². The molecular formula is C25H22N6O. The Balaban J connectivity index is 1.66. The van der Waals surface area contributed by atoms with Gasteiger partial charge in [-0.25, -0.2) is 19.8 Å². The number of H-pyrrole nitrogens is 1. The molecule has 1 amide bonds. The second-order valence-electron chi connectivity index (χ2n) is 8.46. The van der Waals surface area contributed by atoms with Crippen molar-refractivity contribution in [2.75, 3.05) is 5.32 Å². The van der Waals surface area contributed by atoms with Crippen LogP contribution in [0.15, 0.2) is 73.1 Å². The van der Waals surface area contributed by atoms with Crippen LogP contribution in [0.2, 0.25) is 0 Å². The van der Waals surface area contributed by atoms with Gasteiger partial charge in [-0.3, -0.25) is 4.79 Å². The molecule has 0 spiro atoms. The van der Waals surface area contributed by atoms with E-state index in [0.29, 0.717) is 5.69 Å². The van der Waals surface area contributed by atoms with Crippen molar-refractivity contribution >= 4 is 22.6 Å². The Kier molecular flexibility index (Phi) is 5.52. The van der Waals surface area contributed by atoms with Gasteiger partial charge in [-0.2, -0.15) is 0 Å². The molecule has 4 aromatic rings. The van der Waals surface area contributed by atoms with Gasteiger partial charge in [0.15, 0.2) is 0 Å². The van der Waals surface area contributed by atoms with Crippen molar-refractivity contribution < 1.29 is 4.79 Å². The van der Waals surface area contributed by atoms with E-state index in [1.807, 2.05) is 57.3 Å². The maximum absolute atomic E-state index is 12.6. The lowest BCUT2D eigenvalue weighted by Gasteiger charge is -2.13. The second-order valence-corrected chi connectivity index (χ2v) is 8.46. The monoisotopic (exact) mass is 422 g/mol. The number of anilines is 1. The normalized spacial score (nSPS) is 11.9. The zero-order valence-corrected chi connectivity index (χ0v) is 18.0. The van der Waals surface area contributed by atoms with Gasteiger partial charge in [0.1, 0.15) is 12.0 Å². The fraction of sp³-hybridized carbons (Fsp3) is 0.160. The molecule has 0 bridgehead atoms. The Morgan fingerprint density at radius 2 is 2.00 bits per heavy atom. The van der Waals surface area contributed by atoms with E-state index in [4.69, 9.17) is 6.57 Å². The van der Waals surface area contributed by atoms with Crippen LogP contribution in [0.5, 0.6) is 0 Å². The van der Waals surface area contributed by atoms with Crippen molar-refractivity contribution in [3.05, 3.63) is 84.5 Å². The Hall–Kier alpha value is -4.31. The van der Waals surface area contributed by atoms with Gasteiger partial charge < -0.3 is 10.3 Å². The number of pyridine rings is 1. The van der Waals surface area contributed by atoms with Gasteiger partial charge in [0.25, 0.3) is 5.91 Å². The minimum absolute atomic E-state index is 0.0767. The fourth-order valence-electron chi connectivity index (χ4n) is 3.35. The van der Waals surface area contributed by atoms with Crippen molar-refractivity contribution in [1.29, 1.82) is 0 Å². The highest BCUT2D eigenvalue weighted by Crippen LogP contribution is 2.30. The van der Waals surface area contributed by atoms with Crippen LogP contribution in [0.3, 0.4) is 0 Å². The molecule has 7 nitrogen and oxygen atoms in total. The minimum Gasteiger partial charge on any atom is -0.345 e.